The second kappa shape index (κ2) is 8.16. The molecule has 0 saturated carbocycles. The van der Waals surface area contributed by atoms with Gasteiger partial charge >= 0.3 is 0 Å². The summed E-state index contributed by atoms with van der Waals surface area (Å²) in [5.74, 6) is -0.906. The van der Waals surface area contributed by atoms with Gasteiger partial charge in [0.05, 0.1) is 29.4 Å². The monoisotopic (exact) mass is 433 g/mol. The van der Waals surface area contributed by atoms with Gasteiger partial charge in [-0.25, -0.2) is 17.8 Å². The Bertz CT molecular complexity index is 1200. The number of nitrogens with zero attached hydrogens (tertiary/aromatic N) is 2. The summed E-state index contributed by atoms with van der Waals surface area (Å²) in [6.07, 6.45) is 1.73. The Kier molecular flexibility index (Phi) is 5.96. The lowest BCUT2D eigenvalue weighted by atomic mass is 10.0. The van der Waals surface area contributed by atoms with Gasteiger partial charge in [0.25, 0.3) is 5.91 Å². The van der Waals surface area contributed by atoms with Gasteiger partial charge < -0.3 is 10.2 Å². The van der Waals surface area contributed by atoms with Crippen LogP contribution in [0.15, 0.2) is 34.7 Å². The molecule has 3 aromatic rings. The lowest BCUT2D eigenvalue weighted by molar-refractivity contribution is 0.100. The predicted octanol–water partition coefficient (Wildman–Crippen LogP) is 3.47. The quantitative estimate of drug-likeness (QED) is 0.614. The van der Waals surface area contributed by atoms with Gasteiger partial charge in [0, 0.05) is 11.6 Å². The number of rotatable bonds is 7. The van der Waals surface area contributed by atoms with Crippen LogP contribution in [0.2, 0.25) is 0 Å². The number of nitrogens with two attached hydrogens (primary N) is 1. The van der Waals surface area contributed by atoms with Crippen LogP contribution in [0.1, 0.15) is 42.4 Å². The summed E-state index contributed by atoms with van der Waals surface area (Å²) in [5, 5.41) is 0.442. The smallest absolute Gasteiger partial charge is 0.253 e. The summed E-state index contributed by atoms with van der Waals surface area (Å²) >= 11 is 0. The molecule has 1 amide bonds. The highest BCUT2D eigenvalue weighted by Gasteiger charge is 2.26. The first-order valence-electron chi connectivity index (χ1n) is 9.50. The molecule has 7 nitrogen and oxygen atoms in total. The molecule has 0 aliphatic carbocycles. The number of halogens is 1. The number of fused-ring (bicyclic) bond motifs is 1. The third-order valence-corrected chi connectivity index (χ3v) is 6.30. The van der Waals surface area contributed by atoms with Gasteiger partial charge in [-0.2, -0.15) is 4.31 Å². The minimum absolute atomic E-state index is 0.0775. The molecule has 0 aliphatic rings. The summed E-state index contributed by atoms with van der Waals surface area (Å²) in [7, 11) is -3.45. The Morgan fingerprint density at radius 1 is 1.27 bits per heavy atom. The number of amides is 1. The maximum Gasteiger partial charge on any atom is 0.253 e. The molecule has 2 aromatic heterocycles. The van der Waals surface area contributed by atoms with Crippen molar-refractivity contribution in [3.05, 3.63) is 53.0 Å². The van der Waals surface area contributed by atoms with Gasteiger partial charge in [0.2, 0.25) is 15.7 Å². The van der Waals surface area contributed by atoms with E-state index in [0.717, 1.165) is 11.8 Å². The van der Waals surface area contributed by atoms with Crippen LogP contribution in [-0.2, 0) is 23.0 Å². The molecule has 0 radical (unpaired) electrons. The largest absolute Gasteiger partial charge is 0.437 e. The lowest BCUT2D eigenvalue weighted by Crippen LogP contribution is -2.36. The van der Waals surface area contributed by atoms with Crippen molar-refractivity contribution in [2.45, 2.75) is 39.8 Å². The van der Waals surface area contributed by atoms with Crippen LogP contribution in [-0.4, -0.2) is 35.9 Å². The minimum Gasteiger partial charge on any atom is -0.437 e. The Morgan fingerprint density at radius 3 is 2.40 bits per heavy atom. The number of hydrogen-bond acceptors (Lipinski definition) is 5. The summed E-state index contributed by atoms with van der Waals surface area (Å²) in [6, 6.07) is 7.01. The molecule has 0 atom stereocenters. The molecule has 0 aliphatic heterocycles. The van der Waals surface area contributed by atoms with Crippen LogP contribution in [0, 0.1) is 5.82 Å². The third kappa shape index (κ3) is 4.22. The molecule has 9 heteroatoms. The molecule has 0 fully saturated rings. The van der Waals surface area contributed by atoms with E-state index in [1.54, 1.807) is 19.9 Å². The molecule has 0 unspecified atom stereocenters. The molecule has 2 N–H and O–H groups in total. The van der Waals surface area contributed by atoms with E-state index in [0.29, 0.717) is 23.1 Å². The van der Waals surface area contributed by atoms with Crippen molar-refractivity contribution in [3.63, 3.8) is 0 Å². The fourth-order valence-corrected chi connectivity index (χ4v) is 4.55. The molecular weight excluding hydrogens is 409 g/mol. The zero-order chi connectivity index (χ0) is 22.2. The topological polar surface area (TPSA) is 106 Å². The van der Waals surface area contributed by atoms with Crippen LogP contribution in [0.3, 0.4) is 0 Å². The van der Waals surface area contributed by atoms with Crippen LogP contribution in [0.25, 0.3) is 22.4 Å². The number of carbonyl (C=O) groups is 1. The third-order valence-electron chi connectivity index (χ3n) is 4.89. The first kappa shape index (κ1) is 21.9. The number of primary amides is 1. The number of hydrogen-bond donors (Lipinski definition) is 1. The molecule has 160 valence electrons. The highest BCUT2D eigenvalue weighted by molar-refractivity contribution is 7.88. The predicted molar refractivity (Wildman–Crippen MR) is 113 cm³/mol. The normalized spacial score (nSPS) is 12.2. The van der Waals surface area contributed by atoms with Gasteiger partial charge in [-0.3, -0.25) is 4.79 Å². The maximum absolute atomic E-state index is 13.3. The molecule has 0 spiro atoms. The molecule has 2 heterocycles. The lowest BCUT2D eigenvalue weighted by Gasteiger charge is -2.24. The fourth-order valence-electron chi connectivity index (χ4n) is 3.42. The fraction of sp³-hybridized carbons (Fsp3) is 0.333. The summed E-state index contributed by atoms with van der Waals surface area (Å²) < 4.78 is 44.9. The van der Waals surface area contributed by atoms with Crippen molar-refractivity contribution >= 4 is 27.0 Å². The Balaban J connectivity index is 2.21. The average molecular weight is 434 g/mol. The maximum atomic E-state index is 13.3. The number of carbonyl (C=O) groups excluding carboxylic acids is 1. The Morgan fingerprint density at radius 2 is 1.90 bits per heavy atom. The van der Waals surface area contributed by atoms with Crippen LogP contribution >= 0.6 is 0 Å². The first-order valence-corrected chi connectivity index (χ1v) is 11.4. The van der Waals surface area contributed by atoms with E-state index in [4.69, 9.17) is 10.2 Å². The number of aryl methyl sites for hydroxylation is 1. The van der Waals surface area contributed by atoms with Gasteiger partial charge in [0.1, 0.15) is 11.6 Å². The van der Waals surface area contributed by atoms with E-state index < -0.39 is 21.7 Å². The van der Waals surface area contributed by atoms with Gasteiger partial charge in [-0.15, -0.1) is 0 Å². The van der Waals surface area contributed by atoms with Crippen molar-refractivity contribution in [2.75, 3.05) is 6.26 Å². The SMILES string of the molecule is CCc1cc2c(C(N)=O)c(-c3ccc(F)cc3)oc2nc1CN(C(C)C)S(C)(=O)=O. The van der Waals surface area contributed by atoms with E-state index in [9.17, 15) is 17.6 Å². The second-order valence-corrected chi connectivity index (χ2v) is 9.31. The van der Waals surface area contributed by atoms with Crippen molar-refractivity contribution in [1.29, 1.82) is 0 Å². The van der Waals surface area contributed by atoms with Crippen molar-refractivity contribution in [1.82, 2.24) is 9.29 Å². The van der Waals surface area contributed by atoms with Crippen LogP contribution in [0.5, 0.6) is 0 Å². The van der Waals surface area contributed by atoms with Gasteiger partial charge in [0.15, 0.2) is 0 Å². The van der Waals surface area contributed by atoms with E-state index in [1.165, 1.54) is 28.6 Å². The van der Waals surface area contributed by atoms with Crippen molar-refractivity contribution < 1.29 is 22.0 Å². The average Bonchev–Trinajstić information content (AvgIpc) is 3.03. The highest BCUT2D eigenvalue weighted by Crippen LogP contribution is 2.34. The molecule has 0 saturated heterocycles. The number of aromatic nitrogens is 1. The zero-order valence-corrected chi connectivity index (χ0v) is 18.1. The number of sulfonamides is 1. The molecular formula is C21H24FN3O4S. The van der Waals surface area contributed by atoms with Crippen LogP contribution in [0.4, 0.5) is 4.39 Å². The zero-order valence-electron chi connectivity index (χ0n) is 17.3. The number of pyridine rings is 1. The summed E-state index contributed by atoms with van der Waals surface area (Å²) in [5.41, 5.74) is 7.76. The standard InChI is InChI=1S/C21H24FN3O4S/c1-5-13-10-16-18(20(23)26)19(14-6-8-15(22)9-7-14)29-21(16)24-17(13)11-25(12(2)3)30(4,27)28/h6-10,12H,5,11H2,1-4H3,(H2,23,26). The summed E-state index contributed by atoms with van der Waals surface area (Å²) in [4.78, 5) is 16.7. The number of benzene rings is 1. The second-order valence-electron chi connectivity index (χ2n) is 7.38. The summed E-state index contributed by atoms with van der Waals surface area (Å²) in [6.45, 7) is 5.57. The van der Waals surface area contributed by atoms with Crippen LogP contribution < -0.4 is 5.73 Å². The van der Waals surface area contributed by atoms with E-state index in [1.807, 2.05) is 6.92 Å². The van der Waals surface area contributed by atoms with Crippen molar-refractivity contribution in [3.8, 4) is 11.3 Å². The molecule has 1 aromatic carbocycles. The van der Waals surface area contributed by atoms with Gasteiger partial charge in [-0.1, -0.05) is 6.92 Å². The van der Waals surface area contributed by atoms with Crippen molar-refractivity contribution in [2.24, 2.45) is 5.73 Å². The first-order chi connectivity index (χ1) is 14.0. The highest BCUT2D eigenvalue weighted by atomic mass is 32.2. The van der Waals surface area contributed by atoms with E-state index in [-0.39, 0.29) is 29.6 Å². The van der Waals surface area contributed by atoms with E-state index >= 15 is 0 Å². The molecule has 3 rings (SSSR count). The van der Waals surface area contributed by atoms with E-state index in [2.05, 4.69) is 4.98 Å². The Hall–Kier alpha value is -2.78. The van der Waals surface area contributed by atoms with Gasteiger partial charge in [-0.05, 0) is 56.2 Å². The Labute approximate surface area is 174 Å². The number of furan rings is 1. The minimum atomic E-state index is -3.45. The molecule has 30 heavy (non-hydrogen) atoms. The molecule has 0 bridgehead atoms.